The topological polar surface area (TPSA) is 53.1 Å². The fraction of sp³-hybridized carbons (Fsp3) is 0.733. The lowest BCUT2D eigenvalue weighted by atomic mass is 10.2. The maximum Gasteiger partial charge on any atom is 0.224 e. The van der Waals surface area contributed by atoms with Crippen molar-refractivity contribution in [1.29, 1.82) is 0 Å². The predicted octanol–water partition coefficient (Wildman–Crippen LogP) is 2.75. The Morgan fingerprint density at radius 3 is 2.35 bits per heavy atom. The first-order chi connectivity index (χ1) is 9.45. The van der Waals surface area contributed by atoms with E-state index in [2.05, 4.69) is 53.2 Å². The summed E-state index contributed by atoms with van der Waals surface area (Å²) in [7, 11) is 0. The number of aromatic nitrogens is 2. The summed E-state index contributed by atoms with van der Waals surface area (Å²) in [5.74, 6) is 1.61. The highest BCUT2D eigenvalue weighted by Crippen LogP contribution is 2.12. The molecule has 0 aliphatic heterocycles. The van der Waals surface area contributed by atoms with Gasteiger partial charge in [-0.2, -0.15) is 4.98 Å². The molecule has 0 aliphatic carbocycles. The van der Waals surface area contributed by atoms with Crippen LogP contribution in [0.4, 0.5) is 11.8 Å². The zero-order chi connectivity index (χ0) is 15.1. The lowest BCUT2D eigenvalue weighted by molar-refractivity contribution is 0.182. The highest BCUT2D eigenvalue weighted by molar-refractivity contribution is 5.46. The average Bonchev–Trinajstić information content (AvgIpc) is 2.37. The van der Waals surface area contributed by atoms with Gasteiger partial charge in [0.2, 0.25) is 5.95 Å². The Morgan fingerprint density at radius 2 is 1.80 bits per heavy atom. The van der Waals surface area contributed by atoms with E-state index in [1.165, 1.54) is 0 Å². The van der Waals surface area contributed by atoms with Crippen molar-refractivity contribution in [2.75, 3.05) is 30.3 Å². The van der Waals surface area contributed by atoms with Crippen molar-refractivity contribution >= 4 is 11.8 Å². The van der Waals surface area contributed by atoms with Crippen molar-refractivity contribution in [3.8, 4) is 0 Å². The van der Waals surface area contributed by atoms with Crippen LogP contribution in [-0.2, 0) is 0 Å². The molecule has 0 amide bonds. The van der Waals surface area contributed by atoms with Gasteiger partial charge in [0, 0.05) is 43.5 Å². The quantitative estimate of drug-likeness (QED) is 0.766. The third kappa shape index (κ3) is 4.96. The molecule has 0 saturated carbocycles. The molecule has 0 atom stereocenters. The molecule has 0 unspecified atom stereocenters. The normalized spacial score (nSPS) is 11.4. The first kappa shape index (κ1) is 16.7. The lowest BCUT2D eigenvalue weighted by Crippen LogP contribution is -2.40. The number of nitrogens with one attached hydrogen (secondary N) is 2. The van der Waals surface area contributed by atoms with Crippen LogP contribution in [0.25, 0.3) is 0 Å². The van der Waals surface area contributed by atoms with E-state index < -0.39 is 0 Å². The van der Waals surface area contributed by atoms with Crippen LogP contribution >= 0.6 is 0 Å². The molecule has 20 heavy (non-hydrogen) atoms. The number of hydrogen-bond acceptors (Lipinski definition) is 5. The highest BCUT2D eigenvalue weighted by atomic mass is 15.2. The van der Waals surface area contributed by atoms with Gasteiger partial charge in [-0.15, -0.1) is 0 Å². The van der Waals surface area contributed by atoms with Crippen LogP contribution in [0.5, 0.6) is 0 Å². The Balaban J connectivity index is 2.58. The van der Waals surface area contributed by atoms with Gasteiger partial charge in [-0.1, -0.05) is 0 Å². The molecule has 1 heterocycles. The van der Waals surface area contributed by atoms with Gasteiger partial charge in [0.05, 0.1) is 0 Å². The molecule has 5 nitrogen and oxygen atoms in total. The molecule has 0 bridgehead atoms. The van der Waals surface area contributed by atoms with Gasteiger partial charge in [0.1, 0.15) is 5.82 Å². The largest absolute Gasteiger partial charge is 0.368 e. The minimum absolute atomic E-state index is 0.556. The maximum absolute atomic E-state index is 4.50. The first-order valence-electron chi connectivity index (χ1n) is 7.52. The second-order valence-corrected chi connectivity index (χ2v) is 5.61. The number of rotatable bonds is 8. The third-order valence-electron chi connectivity index (χ3n) is 3.30. The number of anilines is 2. The molecular formula is C15H29N5. The van der Waals surface area contributed by atoms with Crippen LogP contribution in [0.1, 0.15) is 40.2 Å². The van der Waals surface area contributed by atoms with Crippen LogP contribution in [0.15, 0.2) is 6.20 Å². The van der Waals surface area contributed by atoms with Crippen LogP contribution in [0.3, 0.4) is 0 Å². The van der Waals surface area contributed by atoms with Crippen LogP contribution in [0.2, 0.25) is 0 Å². The molecule has 1 aromatic heterocycles. The van der Waals surface area contributed by atoms with Gasteiger partial charge in [-0.25, -0.2) is 4.98 Å². The van der Waals surface area contributed by atoms with Crippen molar-refractivity contribution in [1.82, 2.24) is 14.9 Å². The summed E-state index contributed by atoms with van der Waals surface area (Å²) in [6.45, 7) is 15.7. The van der Waals surface area contributed by atoms with E-state index in [4.69, 9.17) is 0 Å². The van der Waals surface area contributed by atoms with E-state index >= 15 is 0 Å². The molecule has 114 valence electrons. The molecule has 0 aromatic carbocycles. The Bertz CT molecular complexity index is 395. The van der Waals surface area contributed by atoms with Gasteiger partial charge >= 0.3 is 0 Å². The minimum atomic E-state index is 0.556. The minimum Gasteiger partial charge on any atom is -0.368 e. The average molecular weight is 279 g/mol. The molecule has 2 N–H and O–H groups in total. The SMILES string of the molecule is CCNc1ncc(C)c(NCCN(C(C)C)C(C)C)n1. The summed E-state index contributed by atoms with van der Waals surface area (Å²) in [5, 5.41) is 6.56. The molecular weight excluding hydrogens is 250 g/mol. The second kappa shape index (κ2) is 8.04. The van der Waals surface area contributed by atoms with Crippen LogP contribution in [-0.4, -0.2) is 46.6 Å². The monoisotopic (exact) mass is 279 g/mol. The third-order valence-corrected chi connectivity index (χ3v) is 3.30. The Morgan fingerprint density at radius 1 is 1.15 bits per heavy atom. The summed E-state index contributed by atoms with van der Waals surface area (Å²) in [6, 6.07) is 1.11. The number of hydrogen-bond donors (Lipinski definition) is 2. The van der Waals surface area contributed by atoms with E-state index in [0.29, 0.717) is 18.0 Å². The lowest BCUT2D eigenvalue weighted by Gasteiger charge is -2.30. The van der Waals surface area contributed by atoms with Crippen molar-refractivity contribution < 1.29 is 0 Å². The van der Waals surface area contributed by atoms with Gasteiger partial charge in [0.15, 0.2) is 0 Å². The fourth-order valence-electron chi connectivity index (χ4n) is 2.28. The maximum atomic E-state index is 4.50. The van der Waals surface area contributed by atoms with Crippen molar-refractivity contribution in [3.63, 3.8) is 0 Å². The smallest absolute Gasteiger partial charge is 0.224 e. The highest BCUT2D eigenvalue weighted by Gasteiger charge is 2.12. The first-order valence-corrected chi connectivity index (χ1v) is 7.52. The summed E-state index contributed by atoms with van der Waals surface area (Å²) < 4.78 is 0. The summed E-state index contributed by atoms with van der Waals surface area (Å²) in [5.41, 5.74) is 1.08. The summed E-state index contributed by atoms with van der Waals surface area (Å²) >= 11 is 0. The zero-order valence-electron chi connectivity index (χ0n) is 13.7. The Labute approximate surface area is 123 Å². The fourth-order valence-corrected chi connectivity index (χ4v) is 2.28. The number of aryl methyl sites for hydroxylation is 1. The standard InChI is InChI=1S/C15H29N5/c1-7-16-15-18-10-13(6)14(19-15)17-8-9-20(11(2)3)12(4)5/h10-12H,7-9H2,1-6H3,(H2,16,17,18,19). The van der Waals surface area contributed by atoms with Gasteiger partial charge in [-0.05, 0) is 41.5 Å². The molecule has 5 heteroatoms. The van der Waals surface area contributed by atoms with Gasteiger partial charge in [0.25, 0.3) is 0 Å². The molecule has 0 aliphatic rings. The van der Waals surface area contributed by atoms with E-state index in [-0.39, 0.29) is 0 Å². The van der Waals surface area contributed by atoms with Crippen molar-refractivity contribution in [2.45, 2.75) is 53.6 Å². The van der Waals surface area contributed by atoms with Crippen LogP contribution < -0.4 is 10.6 Å². The molecule has 1 rings (SSSR count). The van der Waals surface area contributed by atoms with Gasteiger partial charge in [-0.3, -0.25) is 4.90 Å². The van der Waals surface area contributed by atoms with Gasteiger partial charge < -0.3 is 10.6 Å². The summed E-state index contributed by atoms with van der Waals surface area (Å²) in [6.07, 6.45) is 1.86. The zero-order valence-corrected chi connectivity index (χ0v) is 13.7. The van der Waals surface area contributed by atoms with Crippen molar-refractivity contribution in [3.05, 3.63) is 11.8 Å². The molecule has 0 radical (unpaired) electrons. The van der Waals surface area contributed by atoms with E-state index in [1.54, 1.807) is 0 Å². The molecule has 1 aromatic rings. The molecule has 0 spiro atoms. The second-order valence-electron chi connectivity index (χ2n) is 5.61. The van der Waals surface area contributed by atoms with E-state index in [9.17, 15) is 0 Å². The Hall–Kier alpha value is -1.36. The van der Waals surface area contributed by atoms with Crippen molar-refractivity contribution in [2.24, 2.45) is 0 Å². The molecule has 0 saturated heterocycles. The number of nitrogens with zero attached hydrogens (tertiary/aromatic N) is 3. The van der Waals surface area contributed by atoms with Crippen LogP contribution in [0, 0.1) is 6.92 Å². The summed E-state index contributed by atoms with van der Waals surface area (Å²) in [4.78, 5) is 11.2. The predicted molar refractivity (Wildman–Crippen MR) is 86.4 cm³/mol. The molecule has 0 fully saturated rings. The Kier molecular flexibility index (Phi) is 6.71. The van der Waals surface area contributed by atoms with E-state index in [1.807, 2.05) is 20.0 Å². The van der Waals surface area contributed by atoms with E-state index in [0.717, 1.165) is 31.0 Å².